The topological polar surface area (TPSA) is 36.9 Å². The largest absolute Gasteiger partial charge is 0.381 e. The van der Waals surface area contributed by atoms with E-state index in [1.807, 2.05) is 0 Å². The number of guanidine groups is 1. The van der Waals surface area contributed by atoms with Gasteiger partial charge in [0.25, 0.3) is 0 Å². The number of hydrogen-bond donors (Lipinski definition) is 1. The van der Waals surface area contributed by atoms with Crippen molar-refractivity contribution < 1.29 is 4.74 Å². The average Bonchev–Trinajstić information content (AvgIpc) is 3.05. The fourth-order valence-corrected chi connectivity index (χ4v) is 2.92. The molecule has 1 aromatic rings. The minimum atomic E-state index is 0.0270. The summed E-state index contributed by atoms with van der Waals surface area (Å²) >= 11 is 0. The SMILES string of the molecule is CCNC(=NCC(C)(C)c1ccccc1)N(C)CC1CCOC1. The summed E-state index contributed by atoms with van der Waals surface area (Å²) in [5.41, 5.74) is 1.35. The third-order valence-electron chi connectivity index (χ3n) is 4.43. The molecule has 0 bridgehead atoms. The Morgan fingerprint density at radius 3 is 2.70 bits per heavy atom. The predicted molar refractivity (Wildman–Crippen MR) is 97.0 cm³/mol. The smallest absolute Gasteiger partial charge is 0.193 e. The summed E-state index contributed by atoms with van der Waals surface area (Å²) in [5, 5.41) is 3.42. The molecule has 23 heavy (non-hydrogen) atoms. The molecule has 1 unspecified atom stereocenters. The molecule has 0 aromatic heterocycles. The van der Waals surface area contributed by atoms with E-state index in [0.717, 1.165) is 45.2 Å². The lowest BCUT2D eigenvalue weighted by atomic mass is 9.85. The summed E-state index contributed by atoms with van der Waals surface area (Å²) in [5.74, 6) is 1.61. The Hall–Kier alpha value is -1.55. The maximum absolute atomic E-state index is 5.48. The molecule has 1 aliphatic heterocycles. The van der Waals surface area contributed by atoms with Crippen LogP contribution in [0.2, 0.25) is 0 Å². The van der Waals surface area contributed by atoms with E-state index in [9.17, 15) is 0 Å². The van der Waals surface area contributed by atoms with Crippen molar-refractivity contribution in [3.8, 4) is 0 Å². The molecule has 0 radical (unpaired) electrons. The van der Waals surface area contributed by atoms with Crippen LogP contribution >= 0.6 is 0 Å². The molecule has 0 spiro atoms. The molecule has 4 nitrogen and oxygen atoms in total. The number of aliphatic imine (C=N–C) groups is 1. The first-order valence-electron chi connectivity index (χ1n) is 8.65. The molecule has 1 aromatic carbocycles. The zero-order chi connectivity index (χ0) is 16.7. The lowest BCUT2D eigenvalue weighted by molar-refractivity contribution is 0.181. The van der Waals surface area contributed by atoms with Crippen molar-refractivity contribution in [1.82, 2.24) is 10.2 Å². The average molecular weight is 317 g/mol. The Balaban J connectivity index is 2.02. The number of nitrogens with zero attached hydrogens (tertiary/aromatic N) is 2. The number of nitrogens with one attached hydrogen (secondary N) is 1. The highest BCUT2D eigenvalue weighted by atomic mass is 16.5. The second-order valence-corrected chi connectivity index (χ2v) is 7.03. The summed E-state index contributed by atoms with van der Waals surface area (Å²) in [4.78, 5) is 7.13. The van der Waals surface area contributed by atoms with E-state index in [4.69, 9.17) is 9.73 Å². The van der Waals surface area contributed by atoms with Gasteiger partial charge < -0.3 is 15.0 Å². The Morgan fingerprint density at radius 2 is 2.09 bits per heavy atom. The van der Waals surface area contributed by atoms with E-state index < -0.39 is 0 Å². The first kappa shape index (κ1) is 17.8. The first-order valence-corrected chi connectivity index (χ1v) is 8.65. The van der Waals surface area contributed by atoms with Gasteiger partial charge in [0.1, 0.15) is 0 Å². The van der Waals surface area contributed by atoms with Crippen molar-refractivity contribution in [1.29, 1.82) is 0 Å². The van der Waals surface area contributed by atoms with Crippen LogP contribution in [0.15, 0.2) is 35.3 Å². The molecule has 0 amide bonds. The zero-order valence-corrected chi connectivity index (χ0v) is 15.0. The van der Waals surface area contributed by atoms with Gasteiger partial charge >= 0.3 is 0 Å². The summed E-state index contributed by atoms with van der Waals surface area (Å²) in [7, 11) is 2.12. The lowest BCUT2D eigenvalue weighted by Gasteiger charge is -2.27. The minimum Gasteiger partial charge on any atom is -0.381 e. The lowest BCUT2D eigenvalue weighted by Crippen LogP contribution is -2.42. The first-order chi connectivity index (χ1) is 11.0. The molecule has 0 aliphatic carbocycles. The van der Waals surface area contributed by atoms with E-state index in [2.05, 4.69) is 68.4 Å². The van der Waals surface area contributed by atoms with Crippen LogP contribution in [-0.4, -0.2) is 50.8 Å². The van der Waals surface area contributed by atoms with Crippen LogP contribution in [0.4, 0.5) is 0 Å². The normalized spacial score (nSPS) is 19.0. The quantitative estimate of drug-likeness (QED) is 0.647. The summed E-state index contributed by atoms with van der Waals surface area (Å²) in [6.07, 6.45) is 1.15. The van der Waals surface area contributed by atoms with Crippen LogP contribution in [0.5, 0.6) is 0 Å². The molecular weight excluding hydrogens is 286 g/mol. The Labute approximate surface area is 140 Å². The van der Waals surface area contributed by atoms with E-state index in [1.54, 1.807) is 0 Å². The number of ether oxygens (including phenoxy) is 1. The van der Waals surface area contributed by atoms with Crippen molar-refractivity contribution in [3.63, 3.8) is 0 Å². The molecule has 2 rings (SSSR count). The van der Waals surface area contributed by atoms with Gasteiger partial charge in [0.2, 0.25) is 0 Å². The van der Waals surface area contributed by atoms with Gasteiger partial charge in [-0.05, 0) is 18.9 Å². The second-order valence-electron chi connectivity index (χ2n) is 7.03. The van der Waals surface area contributed by atoms with E-state index in [-0.39, 0.29) is 5.41 Å². The van der Waals surface area contributed by atoms with Gasteiger partial charge in [-0.1, -0.05) is 44.2 Å². The van der Waals surface area contributed by atoms with Crippen LogP contribution in [0.3, 0.4) is 0 Å². The third kappa shape index (κ3) is 5.24. The van der Waals surface area contributed by atoms with Crippen LogP contribution in [0.25, 0.3) is 0 Å². The molecule has 4 heteroatoms. The van der Waals surface area contributed by atoms with Gasteiger partial charge in [-0.2, -0.15) is 0 Å². The fourth-order valence-electron chi connectivity index (χ4n) is 2.92. The molecule has 1 atom stereocenters. The molecule has 128 valence electrons. The van der Waals surface area contributed by atoms with E-state index >= 15 is 0 Å². The highest BCUT2D eigenvalue weighted by Gasteiger charge is 2.22. The maximum Gasteiger partial charge on any atom is 0.193 e. The Morgan fingerprint density at radius 1 is 1.35 bits per heavy atom. The summed E-state index contributed by atoms with van der Waals surface area (Å²) in [6.45, 7) is 11.0. The molecule has 0 saturated carbocycles. The van der Waals surface area contributed by atoms with Crippen molar-refractivity contribution in [2.75, 3.05) is 39.9 Å². The highest BCUT2D eigenvalue weighted by Crippen LogP contribution is 2.23. The molecular formula is C19H31N3O. The monoisotopic (exact) mass is 317 g/mol. The third-order valence-corrected chi connectivity index (χ3v) is 4.43. The summed E-state index contributed by atoms with van der Waals surface area (Å²) < 4.78 is 5.48. The minimum absolute atomic E-state index is 0.0270. The fraction of sp³-hybridized carbons (Fsp3) is 0.632. The number of rotatable bonds is 6. The van der Waals surface area contributed by atoms with Crippen LogP contribution in [0.1, 0.15) is 32.8 Å². The van der Waals surface area contributed by atoms with Crippen molar-refractivity contribution in [3.05, 3.63) is 35.9 Å². The van der Waals surface area contributed by atoms with Crippen LogP contribution in [0, 0.1) is 5.92 Å². The van der Waals surface area contributed by atoms with Crippen molar-refractivity contribution >= 4 is 5.96 Å². The van der Waals surface area contributed by atoms with Crippen LogP contribution < -0.4 is 5.32 Å². The van der Waals surface area contributed by atoms with Gasteiger partial charge in [-0.3, -0.25) is 4.99 Å². The molecule has 1 aliphatic rings. The standard InChI is InChI=1S/C19H31N3O/c1-5-20-18(22(4)13-16-11-12-23-14-16)21-15-19(2,3)17-9-7-6-8-10-17/h6-10,16H,5,11-15H2,1-4H3,(H,20,21). The van der Waals surface area contributed by atoms with E-state index in [1.165, 1.54) is 5.56 Å². The van der Waals surface area contributed by atoms with Crippen molar-refractivity contribution in [2.24, 2.45) is 10.9 Å². The highest BCUT2D eigenvalue weighted by molar-refractivity contribution is 5.79. The van der Waals surface area contributed by atoms with Gasteiger partial charge in [0.05, 0.1) is 13.2 Å². The van der Waals surface area contributed by atoms with Crippen molar-refractivity contribution in [2.45, 2.75) is 32.6 Å². The van der Waals surface area contributed by atoms with E-state index in [0.29, 0.717) is 5.92 Å². The number of benzene rings is 1. The van der Waals surface area contributed by atoms with Gasteiger partial charge in [-0.25, -0.2) is 0 Å². The van der Waals surface area contributed by atoms with Crippen LogP contribution in [-0.2, 0) is 10.2 Å². The zero-order valence-electron chi connectivity index (χ0n) is 15.0. The molecule has 1 N–H and O–H groups in total. The maximum atomic E-state index is 5.48. The van der Waals surface area contributed by atoms with Gasteiger partial charge in [0.15, 0.2) is 5.96 Å². The van der Waals surface area contributed by atoms with Gasteiger partial charge in [0, 0.05) is 38.1 Å². The molecule has 1 heterocycles. The summed E-state index contributed by atoms with van der Waals surface area (Å²) in [6, 6.07) is 10.6. The Bertz CT molecular complexity index is 493. The second kappa shape index (κ2) is 8.34. The predicted octanol–water partition coefficient (Wildman–Crippen LogP) is 2.90. The molecule has 1 saturated heterocycles. The Kier molecular flexibility index (Phi) is 6.46. The molecule has 1 fully saturated rings. The number of hydrogen-bond acceptors (Lipinski definition) is 2. The van der Waals surface area contributed by atoms with Gasteiger partial charge in [-0.15, -0.1) is 0 Å².